The molecule has 9 heteroatoms. The molecule has 1 aromatic heterocycles. The molecule has 0 saturated carbocycles. The second kappa shape index (κ2) is 7.29. The normalized spacial score (nSPS) is 26.7. The summed E-state index contributed by atoms with van der Waals surface area (Å²) in [7, 11) is 0. The van der Waals surface area contributed by atoms with Crippen molar-refractivity contribution in [3.8, 4) is 28.4 Å². The number of benzene rings is 2. The zero-order valence-corrected chi connectivity index (χ0v) is 15.8. The number of fused-ring (bicyclic) bond motifs is 1. The van der Waals surface area contributed by atoms with E-state index in [0.29, 0.717) is 5.56 Å². The minimum absolute atomic E-state index is 0.0423. The molecule has 3 aromatic rings. The van der Waals surface area contributed by atoms with Crippen molar-refractivity contribution in [3.63, 3.8) is 0 Å². The number of aliphatic hydroxyl groups excluding tert-OH is 3. The van der Waals surface area contributed by atoms with Crippen molar-refractivity contribution in [3.05, 3.63) is 52.4 Å². The van der Waals surface area contributed by atoms with Gasteiger partial charge < -0.3 is 39.8 Å². The van der Waals surface area contributed by atoms with Gasteiger partial charge in [-0.1, -0.05) is 12.1 Å². The molecule has 1 aliphatic rings. The molecule has 2 heterocycles. The summed E-state index contributed by atoms with van der Waals surface area (Å²) in [5.74, 6) is -1.05. The SMILES string of the molecule is C[C@H]1OC(c2oc3cc(O)cc(O)c3c(=O)c2-c2ccc(O)cc2)[C@@H](O)[C@@H](O)[C@@H]1O. The third kappa shape index (κ3) is 3.17. The van der Waals surface area contributed by atoms with E-state index < -0.39 is 41.7 Å². The van der Waals surface area contributed by atoms with Gasteiger partial charge in [0.2, 0.25) is 5.43 Å². The Morgan fingerprint density at radius 3 is 2.20 bits per heavy atom. The lowest BCUT2D eigenvalue weighted by Gasteiger charge is -2.39. The summed E-state index contributed by atoms with van der Waals surface area (Å²) in [6, 6.07) is 7.70. The molecule has 30 heavy (non-hydrogen) atoms. The minimum atomic E-state index is -1.63. The third-order valence-corrected chi connectivity index (χ3v) is 5.25. The van der Waals surface area contributed by atoms with Crippen LogP contribution in [0.15, 0.2) is 45.6 Å². The molecule has 9 nitrogen and oxygen atoms in total. The number of rotatable bonds is 2. The first-order valence-electron chi connectivity index (χ1n) is 9.20. The lowest BCUT2D eigenvalue weighted by Crippen LogP contribution is -2.53. The number of aromatic hydroxyl groups is 3. The first-order chi connectivity index (χ1) is 14.2. The Labute approximate surface area is 169 Å². The van der Waals surface area contributed by atoms with Crippen LogP contribution in [0.5, 0.6) is 17.2 Å². The molecule has 1 unspecified atom stereocenters. The quantitative estimate of drug-likeness (QED) is 0.360. The van der Waals surface area contributed by atoms with Gasteiger partial charge >= 0.3 is 0 Å². The van der Waals surface area contributed by atoms with Crippen LogP contribution in [-0.2, 0) is 4.74 Å². The van der Waals surface area contributed by atoms with Crippen molar-refractivity contribution in [1.29, 1.82) is 0 Å². The van der Waals surface area contributed by atoms with E-state index in [0.717, 1.165) is 12.1 Å². The van der Waals surface area contributed by atoms with Crippen LogP contribution < -0.4 is 5.43 Å². The zero-order valence-electron chi connectivity index (χ0n) is 15.8. The summed E-state index contributed by atoms with van der Waals surface area (Å²) in [5.41, 5.74) is -0.587. The van der Waals surface area contributed by atoms with Gasteiger partial charge in [-0.2, -0.15) is 0 Å². The van der Waals surface area contributed by atoms with Crippen LogP contribution in [0, 0.1) is 0 Å². The molecular weight excluding hydrogens is 396 g/mol. The van der Waals surface area contributed by atoms with E-state index in [1.54, 1.807) is 0 Å². The van der Waals surface area contributed by atoms with Gasteiger partial charge in [0.05, 0.1) is 11.7 Å². The average Bonchev–Trinajstić information content (AvgIpc) is 2.69. The molecule has 0 bridgehead atoms. The summed E-state index contributed by atoms with van der Waals surface area (Å²) >= 11 is 0. The average molecular weight is 416 g/mol. The molecule has 5 atom stereocenters. The number of aliphatic hydroxyl groups is 3. The van der Waals surface area contributed by atoms with Crippen LogP contribution in [0.3, 0.4) is 0 Å². The topological polar surface area (TPSA) is 161 Å². The van der Waals surface area contributed by atoms with E-state index >= 15 is 0 Å². The smallest absolute Gasteiger partial charge is 0.204 e. The van der Waals surface area contributed by atoms with E-state index in [2.05, 4.69) is 0 Å². The molecule has 158 valence electrons. The number of ether oxygens (including phenoxy) is 1. The molecule has 0 spiro atoms. The summed E-state index contributed by atoms with van der Waals surface area (Å²) < 4.78 is 11.5. The first kappa shape index (κ1) is 20.2. The fourth-order valence-electron chi connectivity index (χ4n) is 3.67. The molecule has 0 aliphatic carbocycles. The zero-order chi connectivity index (χ0) is 21.7. The lowest BCUT2D eigenvalue weighted by atomic mass is 9.90. The summed E-state index contributed by atoms with van der Waals surface area (Å²) in [5, 5.41) is 60.1. The lowest BCUT2D eigenvalue weighted by molar-refractivity contribution is -0.223. The molecule has 2 aromatic carbocycles. The first-order valence-corrected chi connectivity index (χ1v) is 9.20. The fraction of sp³-hybridized carbons (Fsp3) is 0.286. The molecular formula is C21H20O9. The van der Waals surface area contributed by atoms with Gasteiger partial charge in [0, 0.05) is 12.1 Å². The minimum Gasteiger partial charge on any atom is -0.508 e. The Morgan fingerprint density at radius 1 is 0.867 bits per heavy atom. The van der Waals surface area contributed by atoms with Crippen molar-refractivity contribution in [2.75, 3.05) is 0 Å². The van der Waals surface area contributed by atoms with Gasteiger partial charge in [0.15, 0.2) is 0 Å². The van der Waals surface area contributed by atoms with Crippen molar-refractivity contribution >= 4 is 11.0 Å². The van der Waals surface area contributed by atoms with E-state index in [9.17, 15) is 35.4 Å². The van der Waals surface area contributed by atoms with Gasteiger partial charge in [-0.05, 0) is 24.6 Å². The van der Waals surface area contributed by atoms with Crippen molar-refractivity contribution in [2.24, 2.45) is 0 Å². The number of hydrogen-bond donors (Lipinski definition) is 6. The van der Waals surface area contributed by atoms with Gasteiger partial charge in [-0.25, -0.2) is 0 Å². The van der Waals surface area contributed by atoms with Crippen molar-refractivity contribution in [2.45, 2.75) is 37.4 Å². The van der Waals surface area contributed by atoms with Crippen LogP contribution in [0.2, 0.25) is 0 Å². The maximum atomic E-state index is 13.3. The highest BCUT2D eigenvalue weighted by molar-refractivity contribution is 5.89. The monoisotopic (exact) mass is 416 g/mol. The van der Waals surface area contributed by atoms with Crippen molar-refractivity contribution in [1.82, 2.24) is 0 Å². The molecule has 0 amide bonds. The van der Waals surface area contributed by atoms with E-state index in [1.165, 1.54) is 31.2 Å². The van der Waals surface area contributed by atoms with Crippen LogP contribution in [0.25, 0.3) is 22.1 Å². The van der Waals surface area contributed by atoms with E-state index in [-0.39, 0.29) is 33.8 Å². The number of hydrogen-bond acceptors (Lipinski definition) is 9. The highest BCUT2D eigenvalue weighted by Gasteiger charge is 2.45. The number of phenols is 3. The maximum absolute atomic E-state index is 13.3. The third-order valence-electron chi connectivity index (χ3n) is 5.25. The Balaban J connectivity index is 2.03. The summed E-state index contributed by atoms with van der Waals surface area (Å²) in [6.07, 6.45) is -6.76. The Morgan fingerprint density at radius 2 is 1.53 bits per heavy atom. The second-order valence-corrected chi connectivity index (χ2v) is 7.29. The van der Waals surface area contributed by atoms with Gasteiger partial charge in [-0.15, -0.1) is 0 Å². The van der Waals surface area contributed by atoms with Crippen LogP contribution in [-0.4, -0.2) is 55.1 Å². The molecule has 1 saturated heterocycles. The van der Waals surface area contributed by atoms with Crippen LogP contribution in [0.4, 0.5) is 0 Å². The van der Waals surface area contributed by atoms with Crippen LogP contribution >= 0.6 is 0 Å². The Hall–Kier alpha value is -3.11. The van der Waals surface area contributed by atoms with Gasteiger partial charge in [0.1, 0.15) is 58.4 Å². The summed E-state index contributed by atoms with van der Waals surface area (Å²) in [4.78, 5) is 13.3. The maximum Gasteiger partial charge on any atom is 0.204 e. The second-order valence-electron chi connectivity index (χ2n) is 7.29. The molecule has 0 radical (unpaired) electrons. The van der Waals surface area contributed by atoms with Crippen molar-refractivity contribution < 1.29 is 39.8 Å². The standard InChI is InChI=1S/C21H20O9/c1-8-16(25)18(27)19(28)21(29-8)20-14(9-2-4-10(22)5-3-9)17(26)15-12(24)6-11(23)7-13(15)30-20/h2-8,16,18-19,21-25,27-28H,1H3/t8-,16-,18+,19+,21?/m1/s1. The molecule has 4 rings (SSSR count). The Bertz CT molecular complexity index is 1150. The predicted molar refractivity (Wildman–Crippen MR) is 104 cm³/mol. The van der Waals surface area contributed by atoms with E-state index in [4.69, 9.17) is 9.15 Å². The molecule has 1 fully saturated rings. The number of phenolic OH excluding ortho intramolecular Hbond substituents is 3. The molecule has 1 aliphatic heterocycles. The van der Waals surface area contributed by atoms with E-state index in [1.807, 2.05) is 0 Å². The van der Waals surface area contributed by atoms with Gasteiger partial charge in [0.25, 0.3) is 0 Å². The highest BCUT2D eigenvalue weighted by Crippen LogP contribution is 2.40. The van der Waals surface area contributed by atoms with Crippen LogP contribution in [0.1, 0.15) is 18.8 Å². The fourth-order valence-corrected chi connectivity index (χ4v) is 3.67. The molecule has 6 N–H and O–H groups in total. The highest BCUT2D eigenvalue weighted by atomic mass is 16.5. The Kier molecular flexibility index (Phi) is 4.91. The predicted octanol–water partition coefficient (Wildman–Crippen LogP) is 1.12. The summed E-state index contributed by atoms with van der Waals surface area (Å²) in [6.45, 7) is 1.49. The largest absolute Gasteiger partial charge is 0.508 e. The van der Waals surface area contributed by atoms with Gasteiger partial charge in [-0.3, -0.25) is 4.79 Å².